The third-order valence-electron chi connectivity index (χ3n) is 8.85. The number of hydrogen-bond acceptors (Lipinski definition) is 6. The van der Waals surface area contributed by atoms with Gasteiger partial charge in [-0.1, -0.05) is 37.8 Å². The maximum absolute atomic E-state index is 13.1. The molecule has 3 N–H and O–H groups in total. The minimum Gasteiger partial charge on any atom is -0.493 e. The molecule has 1 amide bonds. The van der Waals surface area contributed by atoms with Gasteiger partial charge in [0.15, 0.2) is 11.5 Å². The molecular formula is C32H49N3O4. The van der Waals surface area contributed by atoms with Crippen LogP contribution in [0.2, 0.25) is 0 Å². The number of carbonyl (C=O) groups excluding carboxylic acids is 1. The normalized spacial score (nSPS) is 25.4. The first-order chi connectivity index (χ1) is 19.1. The Labute approximate surface area is 235 Å². The van der Waals surface area contributed by atoms with Crippen LogP contribution in [0.4, 0.5) is 0 Å². The van der Waals surface area contributed by atoms with Crippen molar-refractivity contribution in [2.24, 2.45) is 17.8 Å². The molecule has 2 fully saturated rings. The minimum absolute atomic E-state index is 0.0543. The summed E-state index contributed by atoms with van der Waals surface area (Å²) in [4.78, 5) is 13.1. The van der Waals surface area contributed by atoms with E-state index >= 15 is 0 Å². The second kappa shape index (κ2) is 15.4. The molecule has 7 heteroatoms. The summed E-state index contributed by atoms with van der Waals surface area (Å²) in [5, 5.41) is 15.6. The molecule has 1 saturated carbocycles. The molecule has 1 heterocycles. The van der Waals surface area contributed by atoms with Crippen molar-refractivity contribution < 1.29 is 19.0 Å². The van der Waals surface area contributed by atoms with Gasteiger partial charge in [0.25, 0.3) is 0 Å². The van der Waals surface area contributed by atoms with Gasteiger partial charge >= 0.3 is 0 Å². The van der Waals surface area contributed by atoms with E-state index in [1.165, 1.54) is 44.9 Å². The summed E-state index contributed by atoms with van der Waals surface area (Å²) in [6.45, 7) is 2.65. The van der Waals surface area contributed by atoms with Gasteiger partial charge in [0.2, 0.25) is 5.91 Å². The Bertz CT molecular complexity index is 959. The number of methoxy groups -OCH3 is 2. The maximum Gasteiger partial charge on any atom is 0.224 e. The molecule has 4 unspecified atom stereocenters. The molecule has 0 spiro atoms. The number of nitrogens with one attached hydrogen (secondary N) is 3. The van der Waals surface area contributed by atoms with Crippen LogP contribution in [0.1, 0.15) is 82.6 Å². The van der Waals surface area contributed by atoms with Gasteiger partial charge < -0.3 is 30.3 Å². The van der Waals surface area contributed by atoms with E-state index in [0.29, 0.717) is 48.8 Å². The van der Waals surface area contributed by atoms with Crippen molar-refractivity contribution >= 4 is 11.6 Å². The van der Waals surface area contributed by atoms with E-state index in [1.54, 1.807) is 14.2 Å². The molecule has 7 nitrogen and oxygen atoms in total. The summed E-state index contributed by atoms with van der Waals surface area (Å²) in [7, 11) is 3.20. The van der Waals surface area contributed by atoms with Gasteiger partial charge in [0.1, 0.15) is 0 Å². The lowest BCUT2D eigenvalue weighted by Crippen LogP contribution is -2.39. The van der Waals surface area contributed by atoms with Gasteiger partial charge in [-0.25, -0.2) is 0 Å². The third kappa shape index (κ3) is 8.31. The molecule has 1 saturated heterocycles. The molecule has 0 aromatic heterocycles. The van der Waals surface area contributed by atoms with Crippen LogP contribution < -0.4 is 20.1 Å². The van der Waals surface area contributed by atoms with E-state index < -0.39 is 0 Å². The van der Waals surface area contributed by atoms with E-state index in [4.69, 9.17) is 19.6 Å². The van der Waals surface area contributed by atoms with Crippen LogP contribution in [0.5, 0.6) is 11.5 Å². The average molecular weight is 540 g/mol. The molecule has 216 valence electrons. The lowest BCUT2D eigenvalue weighted by molar-refractivity contribution is -0.125. The topological polar surface area (TPSA) is 92.7 Å². The number of benzene rings is 1. The SMILES string of the molecule is COc1ccc(C(=N)C2CC=CCC2C(=O)NCCCCCNCC2CCC(C3CCCCC3)O2)cc1OC. The molecule has 1 aromatic carbocycles. The molecule has 4 atom stereocenters. The second-order valence-corrected chi connectivity index (χ2v) is 11.5. The van der Waals surface area contributed by atoms with Crippen LogP contribution in [0.25, 0.3) is 0 Å². The highest BCUT2D eigenvalue weighted by atomic mass is 16.5. The Hall–Kier alpha value is -2.38. The third-order valence-corrected chi connectivity index (χ3v) is 8.85. The predicted molar refractivity (Wildman–Crippen MR) is 156 cm³/mol. The number of hydrogen-bond donors (Lipinski definition) is 3. The Morgan fingerprint density at radius 3 is 2.44 bits per heavy atom. The Morgan fingerprint density at radius 2 is 1.67 bits per heavy atom. The number of allylic oxidation sites excluding steroid dienone is 2. The van der Waals surface area contributed by atoms with Gasteiger partial charge in [-0.2, -0.15) is 0 Å². The molecule has 3 aliphatic rings. The zero-order valence-electron chi connectivity index (χ0n) is 24.0. The zero-order chi connectivity index (χ0) is 27.5. The van der Waals surface area contributed by atoms with Crippen molar-refractivity contribution in [2.45, 2.75) is 89.3 Å². The lowest BCUT2D eigenvalue weighted by Gasteiger charge is -2.28. The van der Waals surface area contributed by atoms with E-state index in [9.17, 15) is 4.79 Å². The molecule has 4 rings (SSSR count). The van der Waals surface area contributed by atoms with Gasteiger partial charge in [0.05, 0.1) is 26.4 Å². The predicted octanol–water partition coefficient (Wildman–Crippen LogP) is 5.66. The van der Waals surface area contributed by atoms with E-state index in [-0.39, 0.29) is 17.7 Å². The van der Waals surface area contributed by atoms with Crippen molar-refractivity contribution in [3.8, 4) is 11.5 Å². The number of carbonyl (C=O) groups is 1. The summed E-state index contributed by atoms with van der Waals surface area (Å²) in [5.41, 5.74) is 1.24. The summed E-state index contributed by atoms with van der Waals surface area (Å²) in [6.07, 6.45) is 18.9. The fourth-order valence-electron chi connectivity index (χ4n) is 6.53. The first-order valence-electron chi connectivity index (χ1n) is 15.2. The monoisotopic (exact) mass is 539 g/mol. The Balaban J connectivity index is 1.11. The van der Waals surface area contributed by atoms with Crippen molar-refractivity contribution in [3.05, 3.63) is 35.9 Å². The highest BCUT2D eigenvalue weighted by Crippen LogP contribution is 2.35. The number of unbranched alkanes of at least 4 members (excludes halogenated alkanes) is 2. The summed E-state index contributed by atoms with van der Waals surface area (Å²) < 4.78 is 17.1. The first-order valence-corrected chi connectivity index (χ1v) is 15.2. The number of ether oxygens (including phenoxy) is 3. The first kappa shape index (κ1) is 29.6. The van der Waals surface area contributed by atoms with E-state index in [2.05, 4.69) is 22.8 Å². The van der Waals surface area contributed by atoms with Gasteiger partial charge in [-0.3, -0.25) is 4.79 Å². The largest absolute Gasteiger partial charge is 0.493 e. The standard InChI is InChI=1S/C32H49N3O4/c1-37-29-17-15-24(21-30(29)38-2)31(33)26-13-7-8-14-27(26)32(36)35-20-10-4-9-19-34-22-25-16-18-28(39-25)23-11-5-3-6-12-23/h7-8,15,17,21,23,25-28,33-34H,3-6,9-14,16,18-20,22H2,1-2H3,(H,35,36). The fraction of sp³-hybridized carbons (Fsp3) is 0.688. The van der Waals surface area contributed by atoms with Crippen molar-refractivity contribution in [2.75, 3.05) is 33.9 Å². The Kier molecular flexibility index (Phi) is 11.7. The van der Waals surface area contributed by atoms with Gasteiger partial charge in [-0.15, -0.1) is 0 Å². The smallest absolute Gasteiger partial charge is 0.224 e. The van der Waals surface area contributed by atoms with Crippen molar-refractivity contribution in [1.29, 1.82) is 5.41 Å². The van der Waals surface area contributed by atoms with Crippen LogP contribution in [0.15, 0.2) is 30.4 Å². The lowest BCUT2D eigenvalue weighted by atomic mass is 9.77. The molecule has 1 aromatic rings. The summed E-state index contributed by atoms with van der Waals surface area (Å²) in [6, 6.07) is 5.52. The fourth-order valence-corrected chi connectivity index (χ4v) is 6.53. The molecule has 39 heavy (non-hydrogen) atoms. The van der Waals surface area contributed by atoms with E-state index in [0.717, 1.165) is 43.8 Å². The van der Waals surface area contributed by atoms with Gasteiger partial charge in [-0.05, 0) is 87.6 Å². The average Bonchev–Trinajstić information content (AvgIpc) is 3.47. The molecular weight excluding hydrogens is 490 g/mol. The molecule has 0 radical (unpaired) electrons. The quantitative estimate of drug-likeness (QED) is 0.161. The zero-order valence-corrected chi connectivity index (χ0v) is 24.0. The van der Waals surface area contributed by atoms with Crippen molar-refractivity contribution in [1.82, 2.24) is 10.6 Å². The molecule has 1 aliphatic heterocycles. The van der Waals surface area contributed by atoms with E-state index in [1.807, 2.05) is 18.2 Å². The molecule has 0 bridgehead atoms. The highest BCUT2D eigenvalue weighted by molar-refractivity contribution is 6.03. The number of rotatable bonds is 14. The number of amides is 1. The van der Waals surface area contributed by atoms with Crippen molar-refractivity contribution in [3.63, 3.8) is 0 Å². The van der Waals surface area contributed by atoms with Crippen LogP contribution >= 0.6 is 0 Å². The van der Waals surface area contributed by atoms with Crippen LogP contribution in [-0.4, -0.2) is 57.7 Å². The second-order valence-electron chi connectivity index (χ2n) is 11.5. The van der Waals surface area contributed by atoms with Crippen LogP contribution in [-0.2, 0) is 9.53 Å². The maximum atomic E-state index is 13.1. The van der Waals surface area contributed by atoms with Crippen LogP contribution in [0.3, 0.4) is 0 Å². The summed E-state index contributed by atoms with van der Waals surface area (Å²) in [5.74, 6) is 1.72. The van der Waals surface area contributed by atoms with Crippen LogP contribution in [0, 0.1) is 23.2 Å². The summed E-state index contributed by atoms with van der Waals surface area (Å²) >= 11 is 0. The minimum atomic E-state index is -0.221. The molecule has 2 aliphatic carbocycles. The van der Waals surface area contributed by atoms with Gasteiger partial charge in [0, 0.05) is 30.6 Å². The Morgan fingerprint density at radius 1 is 0.923 bits per heavy atom. The highest BCUT2D eigenvalue weighted by Gasteiger charge is 2.33.